The van der Waals surface area contributed by atoms with Crippen LogP contribution < -0.4 is 4.74 Å². The number of hydrogen-bond donors (Lipinski definition) is 0. The molecular formula is C15H9F4NO5. The Morgan fingerprint density at radius 3 is 2.36 bits per heavy atom. The summed E-state index contributed by atoms with van der Waals surface area (Å²) in [7, 11) is 1.01. The monoisotopic (exact) mass is 359 g/mol. The highest BCUT2D eigenvalue weighted by Crippen LogP contribution is 2.34. The van der Waals surface area contributed by atoms with Crippen molar-refractivity contribution in [1.82, 2.24) is 0 Å². The molecule has 0 bridgehead atoms. The minimum absolute atomic E-state index is 0.190. The van der Waals surface area contributed by atoms with Gasteiger partial charge in [-0.3, -0.25) is 10.1 Å². The van der Waals surface area contributed by atoms with Gasteiger partial charge in [0.25, 0.3) is 5.69 Å². The molecule has 0 aliphatic heterocycles. The first-order chi connectivity index (χ1) is 11.6. The molecule has 2 aromatic rings. The number of carbonyl (C=O) groups excluding carboxylic acids is 1. The SMILES string of the molecule is COC(=O)c1cc(Oc2ccc(C(F)(F)F)cc2F)ccc1[N+](=O)[O-]. The van der Waals surface area contributed by atoms with Gasteiger partial charge in [-0.15, -0.1) is 0 Å². The molecule has 0 atom stereocenters. The molecule has 0 saturated carbocycles. The van der Waals surface area contributed by atoms with Crippen LogP contribution in [0.4, 0.5) is 23.2 Å². The van der Waals surface area contributed by atoms with E-state index in [0.29, 0.717) is 6.07 Å². The summed E-state index contributed by atoms with van der Waals surface area (Å²) in [6.45, 7) is 0. The van der Waals surface area contributed by atoms with E-state index in [4.69, 9.17) is 4.74 Å². The van der Waals surface area contributed by atoms with Crippen molar-refractivity contribution in [2.24, 2.45) is 0 Å². The Morgan fingerprint density at radius 1 is 1.16 bits per heavy atom. The van der Waals surface area contributed by atoms with Crippen molar-refractivity contribution in [3.8, 4) is 11.5 Å². The van der Waals surface area contributed by atoms with Crippen LogP contribution in [0.2, 0.25) is 0 Å². The van der Waals surface area contributed by atoms with E-state index >= 15 is 0 Å². The molecule has 0 N–H and O–H groups in total. The predicted molar refractivity (Wildman–Crippen MR) is 75.9 cm³/mol. The second kappa shape index (κ2) is 6.75. The predicted octanol–water partition coefficient (Wildman–Crippen LogP) is 4.33. The summed E-state index contributed by atoms with van der Waals surface area (Å²) in [6, 6.07) is 4.57. The Hall–Kier alpha value is -3.17. The normalized spacial score (nSPS) is 11.1. The molecule has 0 heterocycles. The van der Waals surface area contributed by atoms with Crippen LogP contribution in [0.5, 0.6) is 11.5 Å². The Balaban J connectivity index is 2.38. The van der Waals surface area contributed by atoms with E-state index in [9.17, 15) is 32.5 Å². The molecule has 10 heteroatoms. The van der Waals surface area contributed by atoms with E-state index in [0.717, 1.165) is 31.4 Å². The van der Waals surface area contributed by atoms with Crippen molar-refractivity contribution in [3.05, 3.63) is 63.5 Å². The van der Waals surface area contributed by atoms with E-state index in [1.165, 1.54) is 0 Å². The van der Waals surface area contributed by atoms with Gasteiger partial charge in [0.15, 0.2) is 11.6 Å². The lowest BCUT2D eigenvalue weighted by atomic mass is 10.1. The van der Waals surface area contributed by atoms with Crippen molar-refractivity contribution in [2.45, 2.75) is 6.18 Å². The summed E-state index contributed by atoms with van der Waals surface area (Å²) in [5.74, 6) is -3.04. The van der Waals surface area contributed by atoms with E-state index in [1.807, 2.05) is 0 Å². The largest absolute Gasteiger partial charge is 0.465 e. The first-order valence-corrected chi connectivity index (χ1v) is 6.55. The number of carbonyl (C=O) groups is 1. The van der Waals surface area contributed by atoms with Crippen LogP contribution >= 0.6 is 0 Å². The molecule has 2 rings (SSSR count). The topological polar surface area (TPSA) is 78.7 Å². The Morgan fingerprint density at radius 2 is 1.84 bits per heavy atom. The number of rotatable bonds is 4. The maximum absolute atomic E-state index is 13.8. The number of hydrogen-bond acceptors (Lipinski definition) is 5. The summed E-state index contributed by atoms with van der Waals surface area (Å²) in [5.41, 5.74) is -2.21. The number of methoxy groups -OCH3 is 1. The molecule has 0 radical (unpaired) electrons. The number of halogens is 4. The van der Waals surface area contributed by atoms with E-state index in [-0.39, 0.29) is 11.8 Å². The van der Waals surface area contributed by atoms with Gasteiger partial charge < -0.3 is 9.47 Å². The maximum atomic E-state index is 13.8. The van der Waals surface area contributed by atoms with Crippen LogP contribution in [-0.4, -0.2) is 18.0 Å². The van der Waals surface area contributed by atoms with E-state index < -0.39 is 45.4 Å². The molecular weight excluding hydrogens is 350 g/mol. The summed E-state index contributed by atoms with van der Waals surface area (Å²) in [4.78, 5) is 21.6. The summed E-state index contributed by atoms with van der Waals surface area (Å²) >= 11 is 0. The van der Waals surface area contributed by atoms with Crippen LogP contribution in [0, 0.1) is 15.9 Å². The third-order valence-corrected chi connectivity index (χ3v) is 3.06. The lowest BCUT2D eigenvalue weighted by Gasteiger charge is -2.11. The van der Waals surface area contributed by atoms with Gasteiger partial charge in [0.2, 0.25) is 0 Å². The molecule has 0 aliphatic rings. The molecule has 0 unspecified atom stereocenters. The van der Waals surface area contributed by atoms with E-state index in [2.05, 4.69) is 4.74 Å². The lowest BCUT2D eigenvalue weighted by Crippen LogP contribution is -2.06. The number of esters is 1. The Labute approximate surface area is 137 Å². The van der Waals surface area contributed by atoms with Crippen molar-refractivity contribution < 1.29 is 36.8 Å². The van der Waals surface area contributed by atoms with Crippen molar-refractivity contribution in [2.75, 3.05) is 7.11 Å². The van der Waals surface area contributed by atoms with Crippen molar-refractivity contribution >= 4 is 11.7 Å². The maximum Gasteiger partial charge on any atom is 0.416 e. The van der Waals surface area contributed by atoms with Gasteiger partial charge >= 0.3 is 12.1 Å². The Kier molecular flexibility index (Phi) is 4.91. The minimum atomic E-state index is -4.72. The summed E-state index contributed by atoms with van der Waals surface area (Å²) < 4.78 is 60.8. The summed E-state index contributed by atoms with van der Waals surface area (Å²) in [6.07, 6.45) is -4.72. The fourth-order valence-corrected chi connectivity index (χ4v) is 1.90. The first-order valence-electron chi connectivity index (χ1n) is 6.55. The van der Waals surface area contributed by atoms with Crippen molar-refractivity contribution in [1.29, 1.82) is 0 Å². The smallest absolute Gasteiger partial charge is 0.416 e. The highest BCUT2D eigenvalue weighted by atomic mass is 19.4. The Bertz CT molecular complexity index is 835. The van der Waals surface area contributed by atoms with Crippen molar-refractivity contribution in [3.63, 3.8) is 0 Å². The zero-order valence-electron chi connectivity index (χ0n) is 12.5. The molecule has 0 fully saturated rings. The summed E-state index contributed by atoms with van der Waals surface area (Å²) in [5, 5.41) is 10.9. The number of nitro benzene ring substituents is 1. The van der Waals surface area contributed by atoms with Crippen LogP contribution in [0.15, 0.2) is 36.4 Å². The van der Waals surface area contributed by atoms with Gasteiger partial charge in [0.1, 0.15) is 11.3 Å². The average Bonchev–Trinajstić information content (AvgIpc) is 2.54. The van der Waals surface area contributed by atoms with Crippen LogP contribution in [0.3, 0.4) is 0 Å². The minimum Gasteiger partial charge on any atom is -0.465 e. The highest BCUT2D eigenvalue weighted by molar-refractivity contribution is 5.94. The van der Waals surface area contributed by atoms with E-state index in [1.54, 1.807) is 0 Å². The number of benzene rings is 2. The third-order valence-electron chi connectivity index (χ3n) is 3.06. The number of alkyl halides is 3. The molecule has 6 nitrogen and oxygen atoms in total. The van der Waals surface area contributed by atoms with Gasteiger partial charge in [-0.1, -0.05) is 0 Å². The fourth-order valence-electron chi connectivity index (χ4n) is 1.90. The first kappa shape index (κ1) is 18.2. The zero-order valence-corrected chi connectivity index (χ0v) is 12.5. The molecule has 0 aliphatic carbocycles. The van der Waals surface area contributed by atoms with Gasteiger partial charge in [-0.25, -0.2) is 9.18 Å². The molecule has 0 saturated heterocycles. The van der Waals surface area contributed by atoms with Gasteiger partial charge in [-0.2, -0.15) is 13.2 Å². The van der Waals surface area contributed by atoms with Crippen LogP contribution in [-0.2, 0) is 10.9 Å². The second-order valence-electron chi connectivity index (χ2n) is 4.67. The fraction of sp³-hybridized carbons (Fsp3) is 0.133. The molecule has 0 amide bonds. The number of ether oxygens (including phenoxy) is 2. The third kappa shape index (κ3) is 4.03. The zero-order chi connectivity index (χ0) is 18.8. The van der Waals surface area contributed by atoms with Gasteiger partial charge in [0.05, 0.1) is 17.6 Å². The molecule has 0 aromatic heterocycles. The van der Waals surface area contributed by atoms with Crippen LogP contribution in [0.1, 0.15) is 15.9 Å². The molecule has 25 heavy (non-hydrogen) atoms. The van der Waals surface area contributed by atoms with Gasteiger partial charge in [0, 0.05) is 12.1 Å². The van der Waals surface area contributed by atoms with Gasteiger partial charge in [-0.05, 0) is 24.3 Å². The second-order valence-corrected chi connectivity index (χ2v) is 4.67. The average molecular weight is 359 g/mol. The molecule has 2 aromatic carbocycles. The molecule has 0 spiro atoms. The molecule has 132 valence electrons. The van der Waals surface area contributed by atoms with Crippen LogP contribution in [0.25, 0.3) is 0 Å². The lowest BCUT2D eigenvalue weighted by molar-refractivity contribution is -0.385. The highest BCUT2D eigenvalue weighted by Gasteiger charge is 2.31. The number of nitrogens with zero attached hydrogens (tertiary/aromatic N) is 1. The standard InChI is InChI=1S/C15H9F4NO5/c1-24-14(21)10-7-9(3-4-12(10)20(22)23)25-13-5-2-8(6-11(13)16)15(17,18)19/h2-7H,1H3. The number of nitro groups is 1. The quantitative estimate of drug-likeness (QED) is 0.351.